The third kappa shape index (κ3) is 5.80. The molecule has 31 heavy (non-hydrogen) atoms. The van der Waals surface area contributed by atoms with Crippen molar-refractivity contribution in [2.75, 3.05) is 36.1 Å². The highest BCUT2D eigenvalue weighted by molar-refractivity contribution is 7.99. The molecule has 0 saturated carbocycles. The number of hydrogen-bond donors (Lipinski definition) is 0. The molecule has 11 heteroatoms. The highest BCUT2D eigenvalue weighted by Crippen LogP contribution is 2.33. The van der Waals surface area contributed by atoms with E-state index in [1.54, 1.807) is 23.9 Å². The van der Waals surface area contributed by atoms with Crippen LogP contribution in [0, 0.1) is 0 Å². The molecule has 2 aromatic rings. The monoisotopic (exact) mass is 522 g/mol. The first-order valence-corrected chi connectivity index (χ1v) is 13.1. The number of esters is 1. The molecule has 0 aromatic heterocycles. The van der Waals surface area contributed by atoms with Crippen LogP contribution in [0.2, 0.25) is 15.1 Å². The Bertz CT molecular complexity index is 1040. The van der Waals surface area contributed by atoms with Crippen molar-refractivity contribution in [3.05, 3.63) is 57.5 Å². The highest BCUT2D eigenvalue weighted by atomic mass is 35.5. The first-order valence-electron chi connectivity index (χ1n) is 9.37. The molecule has 1 atom stereocenters. The van der Waals surface area contributed by atoms with Gasteiger partial charge in [-0.25, -0.2) is 8.42 Å². The van der Waals surface area contributed by atoms with Crippen molar-refractivity contribution in [2.45, 2.75) is 17.4 Å². The van der Waals surface area contributed by atoms with Gasteiger partial charge < -0.3 is 4.74 Å². The third-order valence-electron chi connectivity index (χ3n) is 4.83. The van der Waals surface area contributed by atoms with E-state index in [1.165, 1.54) is 41.7 Å². The molecule has 0 bridgehead atoms. The van der Waals surface area contributed by atoms with Crippen molar-refractivity contribution in [3.63, 3.8) is 0 Å². The first kappa shape index (κ1) is 24.5. The SMILES string of the molecule is COC(=O)C1CSCN1CCCN(c1cc(Cl)ccc1Cl)S(=O)(=O)c1ccc(Cl)cc1. The Morgan fingerprint density at radius 3 is 2.52 bits per heavy atom. The van der Waals surface area contributed by atoms with Crippen molar-refractivity contribution in [1.29, 1.82) is 0 Å². The Labute approximate surface area is 201 Å². The number of halogens is 3. The lowest BCUT2D eigenvalue weighted by atomic mass is 10.2. The molecule has 0 amide bonds. The molecule has 0 spiro atoms. The molecule has 1 heterocycles. The molecule has 1 fully saturated rings. The van der Waals surface area contributed by atoms with Crippen LogP contribution < -0.4 is 4.31 Å². The van der Waals surface area contributed by atoms with E-state index in [1.807, 2.05) is 4.90 Å². The molecule has 0 radical (unpaired) electrons. The van der Waals surface area contributed by atoms with E-state index in [0.29, 0.717) is 40.3 Å². The second-order valence-electron chi connectivity index (χ2n) is 6.83. The lowest BCUT2D eigenvalue weighted by molar-refractivity contribution is -0.145. The van der Waals surface area contributed by atoms with Crippen molar-refractivity contribution < 1.29 is 17.9 Å². The average Bonchev–Trinajstić information content (AvgIpc) is 3.21. The summed E-state index contributed by atoms with van der Waals surface area (Å²) in [6.45, 7) is 0.678. The predicted molar refractivity (Wildman–Crippen MR) is 127 cm³/mol. The maximum Gasteiger partial charge on any atom is 0.323 e. The van der Waals surface area contributed by atoms with E-state index >= 15 is 0 Å². The largest absolute Gasteiger partial charge is 0.468 e. The van der Waals surface area contributed by atoms with E-state index < -0.39 is 10.0 Å². The van der Waals surface area contributed by atoms with Gasteiger partial charge in [0.15, 0.2) is 0 Å². The number of anilines is 1. The van der Waals surface area contributed by atoms with Crippen LogP contribution in [0.4, 0.5) is 5.69 Å². The zero-order valence-corrected chi connectivity index (χ0v) is 20.5. The first-order chi connectivity index (χ1) is 14.7. The van der Waals surface area contributed by atoms with Gasteiger partial charge in [0.25, 0.3) is 10.0 Å². The van der Waals surface area contributed by atoms with Crippen molar-refractivity contribution in [1.82, 2.24) is 4.90 Å². The molecule has 168 valence electrons. The molecular weight excluding hydrogens is 503 g/mol. The third-order valence-corrected chi connectivity index (χ3v) is 8.53. The summed E-state index contributed by atoms with van der Waals surface area (Å²) in [5.41, 5.74) is 0.296. The van der Waals surface area contributed by atoms with Crippen molar-refractivity contribution in [3.8, 4) is 0 Å². The smallest absolute Gasteiger partial charge is 0.323 e. The number of rotatable bonds is 8. The van der Waals surface area contributed by atoms with Gasteiger partial charge in [-0.15, -0.1) is 11.8 Å². The number of ether oxygens (including phenoxy) is 1. The number of carbonyl (C=O) groups excluding carboxylic acids is 1. The van der Waals surface area contributed by atoms with Crippen LogP contribution in [-0.2, 0) is 19.6 Å². The zero-order valence-electron chi connectivity index (χ0n) is 16.6. The number of benzene rings is 2. The minimum Gasteiger partial charge on any atom is -0.468 e. The number of methoxy groups -OCH3 is 1. The Morgan fingerprint density at radius 2 is 1.84 bits per heavy atom. The lowest BCUT2D eigenvalue weighted by Gasteiger charge is -2.27. The summed E-state index contributed by atoms with van der Waals surface area (Å²) in [7, 11) is -2.56. The van der Waals surface area contributed by atoms with Crippen LogP contribution in [-0.4, -0.2) is 57.2 Å². The van der Waals surface area contributed by atoms with Gasteiger partial charge >= 0.3 is 5.97 Å². The topological polar surface area (TPSA) is 66.9 Å². The van der Waals surface area contributed by atoms with Gasteiger partial charge in [-0.3, -0.25) is 14.0 Å². The summed E-state index contributed by atoms with van der Waals surface area (Å²) in [5, 5.41) is 1.08. The van der Waals surface area contributed by atoms with Crippen LogP contribution >= 0.6 is 46.6 Å². The summed E-state index contributed by atoms with van der Waals surface area (Å²) < 4.78 is 33.0. The van der Waals surface area contributed by atoms with Crippen LogP contribution in [0.1, 0.15) is 6.42 Å². The molecule has 0 N–H and O–H groups in total. The highest BCUT2D eigenvalue weighted by Gasteiger charge is 2.32. The van der Waals surface area contributed by atoms with E-state index in [-0.39, 0.29) is 28.5 Å². The number of carbonyl (C=O) groups is 1. The molecule has 6 nitrogen and oxygen atoms in total. The van der Waals surface area contributed by atoms with E-state index in [0.717, 1.165) is 0 Å². The fourth-order valence-electron chi connectivity index (χ4n) is 3.25. The van der Waals surface area contributed by atoms with Gasteiger partial charge in [-0.2, -0.15) is 0 Å². The minimum absolute atomic E-state index is 0.0945. The molecule has 1 unspecified atom stereocenters. The Hall–Kier alpha value is -1.16. The molecular formula is C20H21Cl3N2O4S2. The van der Waals surface area contributed by atoms with Crippen LogP contribution in [0.3, 0.4) is 0 Å². The molecule has 1 aliphatic heterocycles. The fourth-order valence-corrected chi connectivity index (χ4v) is 6.54. The minimum atomic E-state index is -3.92. The van der Waals surface area contributed by atoms with Crippen molar-refractivity contribution in [2.24, 2.45) is 0 Å². The van der Waals surface area contributed by atoms with Gasteiger partial charge in [-0.05, 0) is 48.9 Å². The average molecular weight is 524 g/mol. The number of nitrogens with zero attached hydrogens (tertiary/aromatic N) is 2. The van der Waals surface area contributed by atoms with E-state index in [4.69, 9.17) is 39.5 Å². The summed E-state index contributed by atoms with van der Waals surface area (Å²) in [5.74, 6) is 1.05. The predicted octanol–water partition coefficient (Wildman–Crippen LogP) is 4.78. The maximum atomic E-state index is 13.4. The van der Waals surface area contributed by atoms with Gasteiger partial charge in [0.2, 0.25) is 0 Å². The number of thioether (sulfide) groups is 1. The Kier molecular flexibility index (Phi) is 8.40. The van der Waals surface area contributed by atoms with Crippen LogP contribution in [0.15, 0.2) is 47.4 Å². The molecule has 0 aliphatic carbocycles. The second kappa shape index (κ2) is 10.6. The van der Waals surface area contributed by atoms with Crippen LogP contribution in [0.5, 0.6) is 0 Å². The van der Waals surface area contributed by atoms with Crippen molar-refractivity contribution >= 4 is 68.2 Å². The maximum absolute atomic E-state index is 13.4. The molecule has 1 saturated heterocycles. The molecule has 3 rings (SSSR count). The van der Waals surface area contributed by atoms with Gasteiger partial charge in [0.1, 0.15) is 6.04 Å². The second-order valence-corrected chi connectivity index (χ2v) is 11.0. The number of hydrogen-bond acceptors (Lipinski definition) is 6. The van der Waals surface area contributed by atoms with Gasteiger partial charge in [-0.1, -0.05) is 34.8 Å². The fraction of sp³-hybridized carbons (Fsp3) is 0.350. The standard InChI is InChI=1S/C20H21Cl3N2O4S2/c1-29-20(26)19-12-30-13-24(19)9-2-10-25(18-11-15(22)5-8-17(18)23)31(27,28)16-6-3-14(21)4-7-16/h3-8,11,19H,2,9-10,12-13H2,1H3. The van der Waals surface area contributed by atoms with Gasteiger partial charge in [0, 0.05) is 34.8 Å². The summed E-state index contributed by atoms with van der Waals surface area (Å²) >= 11 is 20.0. The zero-order chi connectivity index (χ0) is 22.6. The quantitative estimate of drug-likeness (QED) is 0.464. The summed E-state index contributed by atoms with van der Waals surface area (Å²) in [4.78, 5) is 14.1. The normalized spacial score (nSPS) is 17.0. The Morgan fingerprint density at radius 1 is 1.16 bits per heavy atom. The van der Waals surface area contributed by atoms with Gasteiger partial charge in [0.05, 0.1) is 22.7 Å². The summed E-state index contributed by atoms with van der Waals surface area (Å²) in [6, 6.07) is 10.3. The summed E-state index contributed by atoms with van der Waals surface area (Å²) in [6.07, 6.45) is 0.476. The molecule has 1 aliphatic rings. The van der Waals surface area contributed by atoms with Crippen LogP contribution in [0.25, 0.3) is 0 Å². The lowest BCUT2D eigenvalue weighted by Crippen LogP contribution is -2.40. The number of sulfonamides is 1. The Balaban J connectivity index is 1.85. The van der Waals surface area contributed by atoms with E-state index in [9.17, 15) is 13.2 Å². The van der Waals surface area contributed by atoms with E-state index in [2.05, 4.69) is 0 Å². The molecule has 2 aromatic carbocycles.